The van der Waals surface area contributed by atoms with Crippen molar-refractivity contribution in [2.24, 2.45) is 0 Å². The van der Waals surface area contributed by atoms with Crippen LogP contribution in [0.4, 0.5) is 13.2 Å². The number of carbonyl (C=O) groups excluding carboxylic acids is 1. The van der Waals surface area contributed by atoms with E-state index in [0.29, 0.717) is 10.4 Å². The Bertz CT molecular complexity index is 680. The van der Waals surface area contributed by atoms with Crippen LogP contribution in [0.2, 0.25) is 4.34 Å². The molecule has 0 saturated carbocycles. The molecule has 2 nitrogen and oxygen atoms in total. The van der Waals surface area contributed by atoms with Crippen molar-refractivity contribution in [3.63, 3.8) is 0 Å². The second-order valence-corrected chi connectivity index (χ2v) is 6.15. The molecule has 1 aromatic heterocycles. The highest BCUT2D eigenvalue weighted by Gasteiger charge is 2.35. The largest absolute Gasteiger partial charge is 0.417 e. The van der Waals surface area contributed by atoms with Gasteiger partial charge < -0.3 is 5.32 Å². The smallest absolute Gasteiger partial charge is 0.348 e. The van der Waals surface area contributed by atoms with Gasteiger partial charge in [0, 0.05) is 11.0 Å². The van der Waals surface area contributed by atoms with Crippen LogP contribution in [0.5, 0.6) is 0 Å². The molecule has 0 atom stereocenters. The van der Waals surface area contributed by atoms with Gasteiger partial charge >= 0.3 is 6.18 Å². The fourth-order valence-electron chi connectivity index (χ4n) is 1.75. The van der Waals surface area contributed by atoms with E-state index in [-0.39, 0.29) is 12.1 Å². The molecular formula is C15H11ClF3NOS. The standard InChI is InChI=1S/C15H11ClF3NOS/c16-13-7-6-11(22-13)9-20-14(21)8-12(15(17,18)19)10-4-2-1-3-5-10/h1-8H,9H2,(H,20,21)/b12-8+. The highest BCUT2D eigenvalue weighted by atomic mass is 35.5. The SMILES string of the molecule is O=C(/C=C(\c1ccccc1)C(F)(F)F)NCc1ccc(Cl)s1. The van der Waals surface area contributed by atoms with Gasteiger partial charge in [-0.05, 0) is 17.7 Å². The topological polar surface area (TPSA) is 29.1 Å². The van der Waals surface area contributed by atoms with Gasteiger partial charge in [-0.2, -0.15) is 13.2 Å². The summed E-state index contributed by atoms with van der Waals surface area (Å²) in [5.74, 6) is -0.805. The average molecular weight is 346 g/mol. The zero-order chi connectivity index (χ0) is 16.2. The molecule has 2 aromatic rings. The highest BCUT2D eigenvalue weighted by Crippen LogP contribution is 2.33. The fourth-order valence-corrected chi connectivity index (χ4v) is 2.78. The van der Waals surface area contributed by atoms with Crippen molar-refractivity contribution < 1.29 is 18.0 Å². The summed E-state index contributed by atoms with van der Waals surface area (Å²) in [7, 11) is 0. The van der Waals surface area contributed by atoms with Crippen LogP contribution in [-0.2, 0) is 11.3 Å². The first kappa shape index (κ1) is 16.6. The number of carbonyl (C=O) groups is 1. The lowest BCUT2D eigenvalue weighted by Gasteiger charge is -2.12. The molecule has 0 spiro atoms. The van der Waals surface area contributed by atoms with Crippen molar-refractivity contribution >= 4 is 34.4 Å². The van der Waals surface area contributed by atoms with Crippen LogP contribution in [0.15, 0.2) is 48.5 Å². The number of halogens is 4. The summed E-state index contributed by atoms with van der Waals surface area (Å²) in [5, 5.41) is 2.42. The Morgan fingerprint density at radius 3 is 2.41 bits per heavy atom. The fraction of sp³-hybridized carbons (Fsp3) is 0.133. The minimum Gasteiger partial charge on any atom is -0.348 e. The Labute approximate surface area is 134 Å². The summed E-state index contributed by atoms with van der Waals surface area (Å²) >= 11 is 7.00. The lowest BCUT2D eigenvalue weighted by atomic mass is 10.1. The maximum Gasteiger partial charge on any atom is 0.417 e. The van der Waals surface area contributed by atoms with Crippen molar-refractivity contribution in [1.82, 2.24) is 5.32 Å². The molecule has 0 saturated heterocycles. The van der Waals surface area contributed by atoms with Gasteiger partial charge in [-0.3, -0.25) is 4.79 Å². The number of hydrogen-bond donors (Lipinski definition) is 1. The Morgan fingerprint density at radius 1 is 1.18 bits per heavy atom. The van der Waals surface area contributed by atoms with E-state index in [1.807, 2.05) is 0 Å². The number of nitrogens with one attached hydrogen (secondary N) is 1. The van der Waals surface area contributed by atoms with E-state index in [9.17, 15) is 18.0 Å². The predicted molar refractivity (Wildman–Crippen MR) is 81.6 cm³/mol. The highest BCUT2D eigenvalue weighted by molar-refractivity contribution is 7.16. The first-order chi connectivity index (χ1) is 10.4. The molecule has 1 aromatic carbocycles. The van der Waals surface area contributed by atoms with Crippen LogP contribution in [-0.4, -0.2) is 12.1 Å². The molecule has 1 heterocycles. The molecule has 0 fully saturated rings. The summed E-state index contributed by atoms with van der Waals surface area (Å²) in [6.45, 7) is 0.132. The normalized spacial score (nSPS) is 12.3. The van der Waals surface area contributed by atoms with Gasteiger partial charge in [-0.15, -0.1) is 11.3 Å². The van der Waals surface area contributed by atoms with Crippen LogP contribution in [0, 0.1) is 0 Å². The van der Waals surface area contributed by atoms with Gasteiger partial charge in [0.2, 0.25) is 5.91 Å². The van der Waals surface area contributed by atoms with E-state index in [1.54, 1.807) is 18.2 Å². The number of benzene rings is 1. The van der Waals surface area contributed by atoms with E-state index in [2.05, 4.69) is 5.32 Å². The third kappa shape index (κ3) is 4.61. The second kappa shape index (κ2) is 6.98. The number of thiophene rings is 1. The summed E-state index contributed by atoms with van der Waals surface area (Å²) in [6.07, 6.45) is -4.03. The van der Waals surface area contributed by atoms with Gasteiger partial charge in [0.15, 0.2) is 0 Å². The molecule has 22 heavy (non-hydrogen) atoms. The lowest BCUT2D eigenvalue weighted by Crippen LogP contribution is -2.22. The summed E-state index contributed by atoms with van der Waals surface area (Å²) < 4.78 is 39.8. The van der Waals surface area contributed by atoms with Gasteiger partial charge in [0.25, 0.3) is 0 Å². The minimum atomic E-state index is -4.61. The van der Waals surface area contributed by atoms with Crippen molar-refractivity contribution in [1.29, 1.82) is 0 Å². The van der Waals surface area contributed by atoms with E-state index < -0.39 is 17.7 Å². The third-order valence-electron chi connectivity index (χ3n) is 2.73. The Kier molecular flexibility index (Phi) is 5.26. The number of hydrogen-bond acceptors (Lipinski definition) is 2. The van der Waals surface area contributed by atoms with Crippen molar-refractivity contribution in [3.8, 4) is 0 Å². The zero-order valence-electron chi connectivity index (χ0n) is 11.2. The van der Waals surface area contributed by atoms with Gasteiger partial charge in [-0.1, -0.05) is 41.9 Å². The Morgan fingerprint density at radius 2 is 1.86 bits per heavy atom. The summed E-state index contributed by atoms with van der Waals surface area (Å²) in [4.78, 5) is 12.5. The maximum atomic E-state index is 13.1. The molecule has 0 aliphatic heterocycles. The van der Waals surface area contributed by atoms with Crippen molar-refractivity contribution in [2.45, 2.75) is 12.7 Å². The van der Waals surface area contributed by atoms with E-state index in [1.165, 1.54) is 35.6 Å². The molecular weight excluding hydrogens is 335 g/mol. The third-order valence-corrected chi connectivity index (χ3v) is 3.96. The lowest BCUT2D eigenvalue weighted by molar-refractivity contribution is -0.117. The van der Waals surface area contributed by atoms with Gasteiger partial charge in [0.1, 0.15) is 0 Å². The molecule has 2 rings (SSSR count). The molecule has 0 aliphatic rings. The van der Waals surface area contributed by atoms with Crippen molar-refractivity contribution in [2.75, 3.05) is 0 Å². The van der Waals surface area contributed by atoms with Gasteiger partial charge in [-0.25, -0.2) is 0 Å². The Balaban J connectivity index is 2.13. The quantitative estimate of drug-likeness (QED) is 0.802. The average Bonchev–Trinajstić information content (AvgIpc) is 2.88. The molecule has 1 amide bonds. The van der Waals surface area contributed by atoms with E-state index in [4.69, 9.17) is 11.6 Å². The van der Waals surface area contributed by atoms with Gasteiger partial charge in [0.05, 0.1) is 16.5 Å². The van der Waals surface area contributed by atoms with E-state index >= 15 is 0 Å². The number of amides is 1. The zero-order valence-corrected chi connectivity index (χ0v) is 12.7. The molecule has 0 aliphatic carbocycles. The molecule has 116 valence electrons. The van der Waals surface area contributed by atoms with Crippen LogP contribution >= 0.6 is 22.9 Å². The summed E-state index contributed by atoms with van der Waals surface area (Å²) in [6, 6.07) is 10.6. The monoisotopic (exact) mass is 345 g/mol. The molecule has 0 bridgehead atoms. The number of allylic oxidation sites excluding steroid dienone is 1. The first-order valence-corrected chi connectivity index (χ1v) is 7.42. The second-order valence-electron chi connectivity index (χ2n) is 4.35. The number of alkyl halides is 3. The summed E-state index contributed by atoms with van der Waals surface area (Å²) in [5.41, 5.74) is -1.03. The molecule has 0 radical (unpaired) electrons. The van der Waals surface area contributed by atoms with Crippen LogP contribution < -0.4 is 5.32 Å². The Hall–Kier alpha value is -1.79. The first-order valence-electron chi connectivity index (χ1n) is 6.22. The van der Waals surface area contributed by atoms with Crippen LogP contribution in [0.1, 0.15) is 10.4 Å². The maximum absolute atomic E-state index is 13.1. The number of rotatable bonds is 4. The van der Waals surface area contributed by atoms with Crippen molar-refractivity contribution in [3.05, 3.63) is 63.3 Å². The molecule has 1 N–H and O–H groups in total. The van der Waals surface area contributed by atoms with Crippen LogP contribution in [0.3, 0.4) is 0 Å². The molecule has 0 unspecified atom stereocenters. The van der Waals surface area contributed by atoms with E-state index in [0.717, 1.165) is 4.88 Å². The predicted octanol–water partition coefficient (Wildman–Crippen LogP) is 4.66. The minimum absolute atomic E-state index is 0.0516. The molecule has 7 heteroatoms. The van der Waals surface area contributed by atoms with Crippen LogP contribution in [0.25, 0.3) is 5.57 Å².